The van der Waals surface area contributed by atoms with Gasteiger partial charge in [-0.25, -0.2) is 0 Å². The van der Waals surface area contributed by atoms with Crippen LogP contribution in [0.25, 0.3) is 10.4 Å². The summed E-state index contributed by atoms with van der Waals surface area (Å²) in [5, 5.41) is 18.8. The Balaban J connectivity index is 2.89. The van der Waals surface area contributed by atoms with Crippen LogP contribution in [-0.2, 0) is 19.1 Å². The molecule has 1 aliphatic rings. The molecule has 0 aliphatic carbocycles. The first-order chi connectivity index (χ1) is 9.45. The first-order valence-corrected chi connectivity index (χ1v) is 5.94. The predicted octanol–water partition coefficient (Wildman–Crippen LogP) is -1.00. The lowest BCUT2D eigenvalue weighted by molar-refractivity contribution is -0.159. The van der Waals surface area contributed by atoms with E-state index in [9.17, 15) is 14.7 Å². The van der Waals surface area contributed by atoms with Crippen LogP contribution < -0.4 is 10.6 Å². The van der Waals surface area contributed by atoms with Crippen LogP contribution in [0.5, 0.6) is 0 Å². The highest BCUT2D eigenvalue weighted by Crippen LogP contribution is 2.15. The summed E-state index contributed by atoms with van der Waals surface area (Å²) in [6, 6.07) is 0. The summed E-state index contributed by atoms with van der Waals surface area (Å²) in [6.45, 7) is 2.35. The maximum absolute atomic E-state index is 11.1. The number of hydrogen-bond donors (Lipinski definition) is 3. The average Bonchev–Trinajstić information content (AvgIpc) is 2.49. The zero-order chi connectivity index (χ0) is 15.1. The molecule has 1 heterocycles. The van der Waals surface area contributed by atoms with Gasteiger partial charge in [-0.05, 0) is 5.53 Å². The Kier molecular flexibility index (Phi) is 6.19. The molecule has 1 saturated heterocycles. The van der Waals surface area contributed by atoms with Crippen molar-refractivity contribution in [2.45, 2.75) is 38.3 Å². The number of ether oxygens (including phenoxy) is 2. The van der Waals surface area contributed by atoms with Crippen molar-refractivity contribution in [3.8, 4) is 0 Å². The lowest BCUT2D eigenvalue weighted by atomic mass is 10.1. The normalized spacial score (nSPS) is 29.8. The Bertz CT molecular complexity index is 411. The highest BCUT2D eigenvalue weighted by molar-refractivity contribution is 5.73. The first kappa shape index (κ1) is 16.2. The quantitative estimate of drug-likeness (QED) is 0.261. The van der Waals surface area contributed by atoms with Crippen LogP contribution in [0.3, 0.4) is 0 Å². The lowest BCUT2D eigenvalue weighted by Crippen LogP contribution is -2.57. The van der Waals surface area contributed by atoms with E-state index in [1.165, 1.54) is 13.8 Å². The second kappa shape index (κ2) is 7.65. The Morgan fingerprint density at radius 2 is 2.30 bits per heavy atom. The van der Waals surface area contributed by atoms with Gasteiger partial charge in [-0.2, -0.15) is 0 Å². The zero-order valence-electron chi connectivity index (χ0n) is 11.1. The number of hydrogen-bond acceptors (Lipinski definition) is 7. The van der Waals surface area contributed by atoms with Crippen LogP contribution in [0.4, 0.5) is 0 Å². The molecule has 0 spiro atoms. The summed E-state index contributed by atoms with van der Waals surface area (Å²) < 4.78 is 10.3. The molecule has 1 aliphatic heterocycles. The van der Waals surface area contributed by atoms with E-state index >= 15 is 0 Å². The molecule has 112 valence electrons. The maximum Gasteiger partial charge on any atom is 0.303 e. The van der Waals surface area contributed by atoms with Crippen LogP contribution in [0.2, 0.25) is 0 Å². The average molecular weight is 287 g/mol. The van der Waals surface area contributed by atoms with E-state index in [0.29, 0.717) is 0 Å². The molecule has 0 saturated carbocycles. The van der Waals surface area contributed by atoms with E-state index in [1.807, 2.05) is 0 Å². The van der Waals surface area contributed by atoms with Gasteiger partial charge in [0.1, 0.15) is 12.3 Å². The largest absolute Gasteiger partial charge is 0.456 e. The highest BCUT2D eigenvalue weighted by Gasteiger charge is 2.39. The van der Waals surface area contributed by atoms with E-state index in [0.717, 1.165) is 0 Å². The van der Waals surface area contributed by atoms with Crippen molar-refractivity contribution < 1.29 is 24.2 Å². The topological polar surface area (TPSA) is 146 Å². The molecule has 10 heteroatoms. The second-order valence-corrected chi connectivity index (χ2v) is 4.21. The summed E-state index contributed by atoms with van der Waals surface area (Å²) >= 11 is 0. The second-order valence-electron chi connectivity index (χ2n) is 4.21. The molecule has 0 aromatic carbocycles. The molecule has 1 fully saturated rings. The summed E-state index contributed by atoms with van der Waals surface area (Å²) in [4.78, 5) is 24.8. The fourth-order valence-corrected chi connectivity index (χ4v) is 1.83. The van der Waals surface area contributed by atoms with Gasteiger partial charge in [-0.15, -0.1) is 0 Å². The van der Waals surface area contributed by atoms with E-state index in [4.69, 9.17) is 15.0 Å². The van der Waals surface area contributed by atoms with Gasteiger partial charge in [0.15, 0.2) is 6.10 Å². The Hall–Kier alpha value is -1.87. The van der Waals surface area contributed by atoms with Crippen LogP contribution in [-0.4, -0.2) is 54.7 Å². The van der Waals surface area contributed by atoms with Crippen molar-refractivity contribution >= 4 is 11.9 Å². The molecule has 4 atom stereocenters. The van der Waals surface area contributed by atoms with Crippen molar-refractivity contribution in [3.05, 3.63) is 10.4 Å². The third-order valence-corrected chi connectivity index (χ3v) is 2.63. The number of aliphatic hydroxyl groups is 1. The summed E-state index contributed by atoms with van der Waals surface area (Å²) in [7, 11) is 0. The predicted molar refractivity (Wildman–Crippen MR) is 66.1 cm³/mol. The van der Waals surface area contributed by atoms with Gasteiger partial charge in [-0.1, -0.05) is 5.11 Å². The molecule has 10 nitrogen and oxygen atoms in total. The number of esters is 1. The molecule has 1 amide bonds. The molecule has 0 bridgehead atoms. The van der Waals surface area contributed by atoms with Gasteiger partial charge in [0, 0.05) is 18.8 Å². The van der Waals surface area contributed by atoms with Crippen molar-refractivity contribution in [1.29, 1.82) is 0 Å². The molecule has 20 heavy (non-hydrogen) atoms. The summed E-state index contributed by atoms with van der Waals surface area (Å²) in [5.74, 6) is -0.976. The Labute approximate surface area is 115 Å². The summed E-state index contributed by atoms with van der Waals surface area (Å²) in [6.07, 6.45) is -3.96. The molecule has 0 aromatic rings. The van der Waals surface area contributed by atoms with Crippen LogP contribution in [0.1, 0.15) is 13.8 Å². The molecule has 0 aromatic heterocycles. The molecule has 1 rings (SSSR count). The van der Waals surface area contributed by atoms with E-state index < -0.39 is 30.4 Å². The van der Waals surface area contributed by atoms with E-state index in [1.54, 1.807) is 0 Å². The molecule has 4 unspecified atom stereocenters. The Morgan fingerprint density at radius 1 is 1.60 bits per heavy atom. The monoisotopic (exact) mass is 287 g/mol. The molecular formula is C10H17N5O5. The number of nitrogens with one attached hydrogen (secondary N) is 2. The van der Waals surface area contributed by atoms with E-state index in [-0.39, 0.29) is 19.2 Å². The van der Waals surface area contributed by atoms with Gasteiger partial charge in [0.25, 0.3) is 0 Å². The first-order valence-electron chi connectivity index (χ1n) is 5.94. The van der Waals surface area contributed by atoms with Crippen molar-refractivity contribution in [2.24, 2.45) is 5.11 Å². The van der Waals surface area contributed by atoms with Gasteiger partial charge in [0.2, 0.25) is 5.91 Å². The fourth-order valence-electron chi connectivity index (χ4n) is 1.83. The third kappa shape index (κ3) is 4.67. The van der Waals surface area contributed by atoms with Crippen LogP contribution in [0.15, 0.2) is 5.11 Å². The minimum atomic E-state index is -1.25. The van der Waals surface area contributed by atoms with Crippen molar-refractivity contribution in [2.75, 3.05) is 13.3 Å². The lowest BCUT2D eigenvalue weighted by Gasteiger charge is -2.29. The van der Waals surface area contributed by atoms with E-state index in [2.05, 4.69) is 20.7 Å². The number of azide groups is 1. The number of carbonyl (C=O) groups is 2. The highest BCUT2D eigenvalue weighted by atomic mass is 16.6. The number of aliphatic hydroxyl groups excluding tert-OH is 1. The fraction of sp³-hybridized carbons (Fsp3) is 0.800. The van der Waals surface area contributed by atoms with Crippen molar-refractivity contribution in [1.82, 2.24) is 10.6 Å². The summed E-state index contributed by atoms with van der Waals surface area (Å²) in [5.41, 5.74) is 8.30. The van der Waals surface area contributed by atoms with Gasteiger partial charge in [0.05, 0.1) is 19.4 Å². The van der Waals surface area contributed by atoms with Crippen LogP contribution in [0, 0.1) is 0 Å². The third-order valence-electron chi connectivity index (χ3n) is 2.63. The minimum absolute atomic E-state index is 0.00854. The molecule has 0 radical (unpaired) electrons. The smallest absolute Gasteiger partial charge is 0.303 e. The van der Waals surface area contributed by atoms with Gasteiger partial charge >= 0.3 is 5.97 Å². The van der Waals surface area contributed by atoms with Crippen LogP contribution >= 0.6 is 0 Å². The molecule has 3 N–H and O–H groups in total. The zero-order valence-corrected chi connectivity index (χ0v) is 11.1. The minimum Gasteiger partial charge on any atom is -0.456 e. The molecular weight excluding hydrogens is 270 g/mol. The maximum atomic E-state index is 11.1. The number of carbonyl (C=O) groups excluding carboxylic acids is 2. The Morgan fingerprint density at radius 3 is 2.85 bits per heavy atom. The van der Waals surface area contributed by atoms with Gasteiger partial charge < -0.3 is 19.9 Å². The number of rotatable bonds is 4. The SMILES string of the molecule is CC(=O)NC1NCOC(CN=[N+]=[N-])C(O)C1OC(C)=O. The standard InChI is InChI=1S/C10H17N5O5/c1-5(16)14-10-9(20-6(2)17)8(18)7(3-13-15-11)19-4-12-10/h7-10,12,18H,3-4H2,1-2H3,(H,14,16). The van der Waals surface area contributed by atoms with Crippen molar-refractivity contribution in [3.63, 3.8) is 0 Å². The van der Waals surface area contributed by atoms with Gasteiger partial charge in [-0.3, -0.25) is 14.9 Å². The number of amides is 1. The number of nitrogens with zero attached hydrogens (tertiary/aromatic N) is 3.